The van der Waals surface area contributed by atoms with Gasteiger partial charge in [0.05, 0.1) is 18.4 Å². The summed E-state index contributed by atoms with van der Waals surface area (Å²) in [5, 5.41) is 2.74. The fraction of sp³-hybridized carbons (Fsp3) is 0.167. The summed E-state index contributed by atoms with van der Waals surface area (Å²) in [6.45, 7) is 0. The lowest BCUT2D eigenvalue weighted by molar-refractivity contribution is -0.137. The molecular weight excluding hydrogens is 421 g/mol. The Morgan fingerprint density at radius 2 is 1.59 bits per heavy atom. The summed E-state index contributed by atoms with van der Waals surface area (Å²) < 4.78 is 43.9. The number of ether oxygens (including phenoxy) is 1. The number of methoxy groups -OCH3 is 1. The van der Waals surface area contributed by atoms with Crippen LogP contribution in [0.5, 0.6) is 5.75 Å². The maximum absolute atomic E-state index is 13.1. The van der Waals surface area contributed by atoms with Crippen molar-refractivity contribution in [2.75, 3.05) is 26.5 Å². The monoisotopic (exact) mass is 442 g/mol. The quantitative estimate of drug-likeness (QED) is 0.581. The van der Waals surface area contributed by atoms with Crippen LogP contribution in [0.2, 0.25) is 0 Å². The Bertz CT molecular complexity index is 1140. The standard InChI is InChI=1S/C24H21F3N2O3/c1-29(2)23(31)16-10-13-21(32-3)20(14-16)28-22(30)19-7-5-4-6-18(19)15-8-11-17(12-9-15)24(25,26)27/h4-14H,1-3H3,(H,28,30). The highest BCUT2D eigenvalue weighted by Crippen LogP contribution is 2.32. The van der Waals surface area contributed by atoms with Gasteiger partial charge in [0, 0.05) is 25.2 Å². The van der Waals surface area contributed by atoms with E-state index in [9.17, 15) is 22.8 Å². The van der Waals surface area contributed by atoms with Gasteiger partial charge in [-0.2, -0.15) is 13.2 Å². The molecule has 166 valence electrons. The van der Waals surface area contributed by atoms with Crippen LogP contribution in [0.1, 0.15) is 26.3 Å². The molecule has 3 aromatic rings. The lowest BCUT2D eigenvalue weighted by atomic mass is 9.98. The average molecular weight is 442 g/mol. The number of carbonyl (C=O) groups excluding carboxylic acids is 2. The molecule has 0 saturated heterocycles. The SMILES string of the molecule is COc1ccc(C(=O)N(C)C)cc1NC(=O)c1ccccc1-c1ccc(C(F)(F)F)cc1. The fourth-order valence-electron chi connectivity index (χ4n) is 3.16. The number of nitrogens with one attached hydrogen (secondary N) is 1. The van der Waals surface area contributed by atoms with Crippen molar-refractivity contribution in [1.29, 1.82) is 0 Å². The first-order chi connectivity index (χ1) is 15.1. The third-order valence-electron chi connectivity index (χ3n) is 4.80. The van der Waals surface area contributed by atoms with Crippen LogP contribution in [0, 0.1) is 0 Å². The summed E-state index contributed by atoms with van der Waals surface area (Å²) in [5.74, 6) is -0.373. The summed E-state index contributed by atoms with van der Waals surface area (Å²) in [5.41, 5.74) is 1.09. The topological polar surface area (TPSA) is 58.6 Å². The minimum Gasteiger partial charge on any atom is -0.495 e. The van der Waals surface area contributed by atoms with Gasteiger partial charge in [-0.25, -0.2) is 0 Å². The summed E-state index contributed by atoms with van der Waals surface area (Å²) in [6, 6.07) is 15.9. The predicted molar refractivity (Wildman–Crippen MR) is 116 cm³/mol. The van der Waals surface area contributed by atoms with Crippen molar-refractivity contribution in [3.05, 3.63) is 83.4 Å². The molecule has 32 heavy (non-hydrogen) atoms. The molecule has 0 aliphatic rings. The third-order valence-corrected chi connectivity index (χ3v) is 4.80. The van der Waals surface area contributed by atoms with Gasteiger partial charge < -0.3 is 15.0 Å². The number of halogens is 3. The molecule has 0 heterocycles. The summed E-state index contributed by atoms with van der Waals surface area (Å²) in [7, 11) is 4.67. The van der Waals surface area contributed by atoms with Crippen LogP contribution >= 0.6 is 0 Å². The van der Waals surface area contributed by atoms with Gasteiger partial charge in [-0.1, -0.05) is 30.3 Å². The molecule has 0 unspecified atom stereocenters. The van der Waals surface area contributed by atoms with Gasteiger partial charge in [0.25, 0.3) is 11.8 Å². The Morgan fingerprint density at radius 1 is 0.938 bits per heavy atom. The Morgan fingerprint density at radius 3 is 2.19 bits per heavy atom. The van der Waals surface area contributed by atoms with Gasteiger partial charge in [-0.3, -0.25) is 9.59 Å². The second-order valence-corrected chi connectivity index (χ2v) is 7.19. The van der Waals surface area contributed by atoms with Crippen molar-refractivity contribution >= 4 is 17.5 Å². The Kier molecular flexibility index (Phi) is 6.53. The number of anilines is 1. The van der Waals surface area contributed by atoms with Gasteiger partial charge in [-0.15, -0.1) is 0 Å². The largest absolute Gasteiger partial charge is 0.495 e. The number of hydrogen-bond acceptors (Lipinski definition) is 3. The Balaban J connectivity index is 1.95. The molecule has 2 amide bonds. The van der Waals surface area contributed by atoms with Crippen LogP contribution in [0.15, 0.2) is 66.7 Å². The van der Waals surface area contributed by atoms with Gasteiger partial charge >= 0.3 is 6.18 Å². The fourth-order valence-corrected chi connectivity index (χ4v) is 3.16. The number of rotatable bonds is 5. The zero-order valence-corrected chi connectivity index (χ0v) is 17.7. The van der Waals surface area contributed by atoms with Crippen molar-refractivity contribution in [2.45, 2.75) is 6.18 Å². The van der Waals surface area contributed by atoms with E-state index in [2.05, 4.69) is 5.32 Å². The molecular formula is C24H21F3N2O3. The van der Waals surface area contributed by atoms with Crippen LogP contribution in [0.25, 0.3) is 11.1 Å². The van der Waals surface area contributed by atoms with E-state index in [4.69, 9.17) is 4.74 Å². The Labute approximate surface area is 183 Å². The minimum absolute atomic E-state index is 0.242. The van der Waals surface area contributed by atoms with Crippen LogP contribution in [0.4, 0.5) is 18.9 Å². The molecule has 0 radical (unpaired) electrons. The normalized spacial score (nSPS) is 11.1. The summed E-state index contributed by atoms with van der Waals surface area (Å²) in [6.07, 6.45) is -4.44. The van der Waals surface area contributed by atoms with Crippen LogP contribution in [-0.2, 0) is 6.18 Å². The van der Waals surface area contributed by atoms with Gasteiger partial charge in [0.1, 0.15) is 5.75 Å². The van der Waals surface area contributed by atoms with E-state index >= 15 is 0 Å². The van der Waals surface area contributed by atoms with E-state index in [1.165, 1.54) is 30.2 Å². The number of alkyl halides is 3. The lowest BCUT2D eigenvalue weighted by Crippen LogP contribution is -2.22. The lowest BCUT2D eigenvalue weighted by Gasteiger charge is -2.16. The molecule has 0 aliphatic carbocycles. The molecule has 5 nitrogen and oxygen atoms in total. The zero-order chi connectivity index (χ0) is 23.5. The molecule has 0 fully saturated rings. The van der Waals surface area contributed by atoms with Gasteiger partial charge in [0.2, 0.25) is 0 Å². The van der Waals surface area contributed by atoms with E-state index in [-0.39, 0.29) is 11.5 Å². The molecule has 0 spiro atoms. The number of benzene rings is 3. The number of amides is 2. The van der Waals surface area contributed by atoms with E-state index in [0.29, 0.717) is 28.1 Å². The first kappa shape index (κ1) is 22.9. The van der Waals surface area contributed by atoms with Crippen molar-refractivity contribution in [3.63, 3.8) is 0 Å². The van der Waals surface area contributed by atoms with Gasteiger partial charge in [0.15, 0.2) is 0 Å². The highest BCUT2D eigenvalue weighted by atomic mass is 19.4. The van der Waals surface area contributed by atoms with E-state index in [0.717, 1.165) is 12.1 Å². The van der Waals surface area contributed by atoms with Gasteiger partial charge in [-0.05, 0) is 47.5 Å². The second-order valence-electron chi connectivity index (χ2n) is 7.19. The minimum atomic E-state index is -4.44. The molecule has 3 rings (SSSR count). The highest BCUT2D eigenvalue weighted by Gasteiger charge is 2.30. The van der Waals surface area contributed by atoms with Crippen molar-refractivity contribution in [1.82, 2.24) is 4.90 Å². The van der Waals surface area contributed by atoms with Crippen molar-refractivity contribution in [2.24, 2.45) is 0 Å². The maximum atomic E-state index is 13.1. The van der Waals surface area contributed by atoms with E-state index in [1.54, 1.807) is 50.5 Å². The molecule has 0 atom stereocenters. The highest BCUT2D eigenvalue weighted by molar-refractivity contribution is 6.09. The third kappa shape index (κ3) is 4.91. The smallest absolute Gasteiger partial charge is 0.416 e. The summed E-state index contributed by atoms with van der Waals surface area (Å²) >= 11 is 0. The second kappa shape index (κ2) is 9.13. The van der Waals surface area contributed by atoms with E-state index in [1.807, 2.05) is 0 Å². The van der Waals surface area contributed by atoms with Crippen molar-refractivity contribution in [3.8, 4) is 16.9 Å². The first-order valence-corrected chi connectivity index (χ1v) is 9.59. The molecule has 1 N–H and O–H groups in total. The average Bonchev–Trinajstić information content (AvgIpc) is 2.78. The van der Waals surface area contributed by atoms with E-state index < -0.39 is 17.6 Å². The molecule has 0 aliphatic heterocycles. The zero-order valence-electron chi connectivity index (χ0n) is 17.7. The van der Waals surface area contributed by atoms with Crippen LogP contribution < -0.4 is 10.1 Å². The number of nitrogens with zero attached hydrogens (tertiary/aromatic N) is 1. The summed E-state index contributed by atoms with van der Waals surface area (Å²) in [4.78, 5) is 26.8. The number of carbonyl (C=O) groups is 2. The predicted octanol–water partition coefficient (Wildman–Crippen LogP) is 5.34. The Hall–Kier alpha value is -3.81. The molecule has 3 aromatic carbocycles. The molecule has 0 saturated carbocycles. The molecule has 8 heteroatoms. The van der Waals surface area contributed by atoms with Crippen molar-refractivity contribution < 1.29 is 27.5 Å². The van der Waals surface area contributed by atoms with Crippen LogP contribution in [-0.4, -0.2) is 37.9 Å². The maximum Gasteiger partial charge on any atom is 0.416 e. The molecule has 0 bridgehead atoms. The molecule has 0 aromatic heterocycles. The number of hydrogen-bond donors (Lipinski definition) is 1. The first-order valence-electron chi connectivity index (χ1n) is 9.59. The van der Waals surface area contributed by atoms with Crippen LogP contribution in [0.3, 0.4) is 0 Å².